The second-order valence-corrected chi connectivity index (χ2v) is 2.00. The van der Waals surface area contributed by atoms with Gasteiger partial charge in [0.1, 0.15) is 0 Å². The molecule has 0 aliphatic rings. The van der Waals surface area contributed by atoms with Crippen molar-refractivity contribution in [1.82, 2.24) is 0 Å². The van der Waals surface area contributed by atoms with E-state index in [1.165, 1.54) is 0 Å². The van der Waals surface area contributed by atoms with Crippen molar-refractivity contribution in [3.8, 4) is 0 Å². The number of nitrogens with zero attached hydrogens (tertiary/aromatic N) is 1. The number of hydrogen-bond donors (Lipinski definition) is 0. The van der Waals surface area contributed by atoms with Crippen LogP contribution in [0.4, 0.5) is 0 Å². The van der Waals surface area contributed by atoms with Crippen molar-refractivity contribution in [3.63, 3.8) is 0 Å². The maximum absolute atomic E-state index is 9.90. The van der Waals surface area contributed by atoms with E-state index in [9.17, 15) is 10.1 Å². The fourth-order valence-electron chi connectivity index (χ4n) is 0.494. The quantitative estimate of drug-likeness (QED) is 0.335. The minimum atomic E-state index is -0.360. The molecule has 0 saturated carbocycles. The van der Waals surface area contributed by atoms with Crippen LogP contribution < -0.4 is 0 Å². The van der Waals surface area contributed by atoms with Crippen molar-refractivity contribution in [2.24, 2.45) is 0 Å². The molecule has 4 nitrogen and oxygen atoms in total. The molecule has 58 valence electrons. The molecule has 4 heteroatoms. The molecule has 0 aliphatic carbocycles. The molecule has 0 bridgehead atoms. The molecule has 0 radical (unpaired) electrons. The van der Waals surface area contributed by atoms with Crippen LogP contribution in [0.15, 0.2) is 11.6 Å². The predicted octanol–water partition coefficient (Wildman–Crippen LogP) is 0.856. The van der Waals surface area contributed by atoms with Gasteiger partial charge in [-0.1, -0.05) is 6.08 Å². The van der Waals surface area contributed by atoms with E-state index in [0.717, 1.165) is 5.57 Å². The Morgan fingerprint density at radius 1 is 1.80 bits per heavy atom. The third-order valence-electron chi connectivity index (χ3n) is 0.977. The Balaban J connectivity index is 3.59. The van der Waals surface area contributed by atoms with Crippen LogP contribution in [-0.2, 0) is 4.74 Å². The number of nitro groups is 1. The Labute approximate surface area is 59.6 Å². The highest BCUT2D eigenvalue weighted by molar-refractivity contribution is 4.97. The van der Waals surface area contributed by atoms with Crippen LogP contribution in [0.5, 0.6) is 0 Å². The third kappa shape index (κ3) is 5.24. The summed E-state index contributed by atoms with van der Waals surface area (Å²) in [6, 6.07) is 0. The molecule has 0 atom stereocenters. The number of hydrogen-bond acceptors (Lipinski definition) is 3. The fourth-order valence-corrected chi connectivity index (χ4v) is 0.494. The molecule has 0 amide bonds. The van der Waals surface area contributed by atoms with Gasteiger partial charge in [0, 0.05) is 12.0 Å². The highest BCUT2D eigenvalue weighted by Gasteiger charge is 1.96. The molecule has 0 heterocycles. The van der Waals surface area contributed by atoms with Crippen LogP contribution in [-0.4, -0.2) is 25.2 Å². The van der Waals surface area contributed by atoms with Gasteiger partial charge in [0.15, 0.2) is 0 Å². The average Bonchev–Trinajstić information content (AvgIpc) is 1.82. The first-order valence-electron chi connectivity index (χ1n) is 2.93. The van der Waals surface area contributed by atoms with E-state index in [4.69, 9.17) is 4.74 Å². The van der Waals surface area contributed by atoms with Gasteiger partial charge in [0.25, 0.3) is 0 Å². The van der Waals surface area contributed by atoms with Crippen LogP contribution >= 0.6 is 0 Å². The topological polar surface area (TPSA) is 52.4 Å². The van der Waals surface area contributed by atoms with Gasteiger partial charge in [-0.15, -0.1) is 0 Å². The van der Waals surface area contributed by atoms with Gasteiger partial charge < -0.3 is 4.74 Å². The highest BCUT2D eigenvalue weighted by Crippen LogP contribution is 1.91. The SMILES string of the molecule is COC/C=C(\C)C[N+](=O)[O-]. The molecule has 0 unspecified atom stereocenters. The number of ether oxygens (including phenoxy) is 1. The summed E-state index contributed by atoms with van der Waals surface area (Å²) in [5.74, 6) is 0. The molecule has 10 heavy (non-hydrogen) atoms. The van der Waals surface area contributed by atoms with Gasteiger partial charge >= 0.3 is 0 Å². The molecule has 0 rings (SSSR count). The Kier molecular flexibility index (Phi) is 4.49. The minimum Gasteiger partial charge on any atom is -0.381 e. The van der Waals surface area contributed by atoms with Crippen molar-refractivity contribution in [2.45, 2.75) is 6.92 Å². The maximum Gasteiger partial charge on any atom is 0.224 e. The van der Waals surface area contributed by atoms with Crippen molar-refractivity contribution >= 4 is 0 Å². The fraction of sp³-hybridized carbons (Fsp3) is 0.667. The van der Waals surface area contributed by atoms with Gasteiger partial charge in [-0.05, 0) is 12.5 Å². The first-order valence-corrected chi connectivity index (χ1v) is 2.93. The second kappa shape index (κ2) is 4.93. The van der Waals surface area contributed by atoms with E-state index in [1.807, 2.05) is 0 Å². The molecular weight excluding hydrogens is 134 g/mol. The van der Waals surface area contributed by atoms with Crippen molar-refractivity contribution < 1.29 is 9.66 Å². The zero-order valence-corrected chi connectivity index (χ0v) is 6.16. The van der Waals surface area contributed by atoms with Gasteiger partial charge in [0.2, 0.25) is 6.54 Å². The van der Waals surface area contributed by atoms with E-state index in [0.29, 0.717) is 6.61 Å². The van der Waals surface area contributed by atoms with Gasteiger partial charge in [-0.3, -0.25) is 10.1 Å². The molecule has 0 spiro atoms. The van der Waals surface area contributed by atoms with Crippen molar-refractivity contribution in [2.75, 3.05) is 20.3 Å². The normalized spacial score (nSPS) is 11.6. The zero-order valence-electron chi connectivity index (χ0n) is 6.16. The molecule has 0 aromatic carbocycles. The number of rotatable bonds is 4. The summed E-state index contributed by atoms with van der Waals surface area (Å²) in [6.45, 7) is 2.06. The molecule has 0 saturated heterocycles. The van der Waals surface area contributed by atoms with E-state index >= 15 is 0 Å². The van der Waals surface area contributed by atoms with Gasteiger partial charge in [-0.2, -0.15) is 0 Å². The van der Waals surface area contributed by atoms with Gasteiger partial charge in [0.05, 0.1) is 6.61 Å². The molecule has 0 aliphatic heterocycles. The van der Waals surface area contributed by atoms with E-state index in [2.05, 4.69) is 0 Å². The van der Waals surface area contributed by atoms with E-state index < -0.39 is 0 Å². The monoisotopic (exact) mass is 145 g/mol. The predicted molar refractivity (Wildman–Crippen MR) is 37.5 cm³/mol. The van der Waals surface area contributed by atoms with E-state index in [1.54, 1.807) is 20.1 Å². The molecular formula is C6H11NO3. The molecule has 0 fully saturated rings. The maximum atomic E-state index is 9.90. The first-order chi connectivity index (χ1) is 4.66. The lowest BCUT2D eigenvalue weighted by Gasteiger charge is -1.93. The summed E-state index contributed by atoms with van der Waals surface area (Å²) < 4.78 is 4.70. The van der Waals surface area contributed by atoms with Crippen LogP contribution in [0.25, 0.3) is 0 Å². The Morgan fingerprint density at radius 3 is 2.80 bits per heavy atom. The summed E-state index contributed by atoms with van der Waals surface area (Å²) in [5, 5.41) is 9.90. The lowest BCUT2D eigenvalue weighted by atomic mass is 10.3. The lowest BCUT2D eigenvalue weighted by molar-refractivity contribution is -0.470. The summed E-state index contributed by atoms with van der Waals surface area (Å²) in [7, 11) is 1.55. The van der Waals surface area contributed by atoms with Crippen molar-refractivity contribution in [1.29, 1.82) is 0 Å². The summed E-state index contributed by atoms with van der Waals surface area (Å²) in [5.41, 5.74) is 0.729. The largest absolute Gasteiger partial charge is 0.381 e. The zero-order chi connectivity index (χ0) is 7.98. The summed E-state index contributed by atoms with van der Waals surface area (Å²) in [4.78, 5) is 9.54. The standard InChI is InChI=1S/C6H11NO3/c1-6(3-4-10-2)5-7(8)9/h3H,4-5H2,1-2H3/b6-3+. The third-order valence-corrected chi connectivity index (χ3v) is 0.977. The summed E-state index contributed by atoms with van der Waals surface area (Å²) >= 11 is 0. The lowest BCUT2D eigenvalue weighted by Crippen LogP contribution is -2.02. The van der Waals surface area contributed by atoms with E-state index in [-0.39, 0.29) is 11.5 Å². The van der Waals surface area contributed by atoms with Gasteiger partial charge in [-0.25, -0.2) is 0 Å². The Bertz CT molecular complexity index is 142. The highest BCUT2D eigenvalue weighted by atomic mass is 16.6. The first kappa shape index (κ1) is 9.10. The Morgan fingerprint density at radius 2 is 2.40 bits per heavy atom. The Hall–Kier alpha value is -0.900. The molecule has 0 aromatic heterocycles. The number of methoxy groups -OCH3 is 1. The summed E-state index contributed by atoms with van der Waals surface area (Å²) in [6.07, 6.45) is 1.70. The smallest absolute Gasteiger partial charge is 0.224 e. The molecule has 0 N–H and O–H groups in total. The van der Waals surface area contributed by atoms with Crippen LogP contribution in [0.2, 0.25) is 0 Å². The van der Waals surface area contributed by atoms with Crippen molar-refractivity contribution in [3.05, 3.63) is 21.8 Å². The molecule has 0 aromatic rings. The van der Waals surface area contributed by atoms with Crippen LogP contribution in [0.3, 0.4) is 0 Å². The minimum absolute atomic E-state index is 0.0939. The second-order valence-electron chi connectivity index (χ2n) is 2.00. The average molecular weight is 145 g/mol. The van der Waals surface area contributed by atoms with Crippen LogP contribution in [0.1, 0.15) is 6.92 Å². The van der Waals surface area contributed by atoms with Crippen LogP contribution in [0, 0.1) is 10.1 Å².